The van der Waals surface area contributed by atoms with Crippen LogP contribution in [0.25, 0.3) is 0 Å². The molecule has 3 rings (SSSR count). The van der Waals surface area contributed by atoms with Crippen LogP contribution in [0, 0.1) is 0 Å². The first-order chi connectivity index (χ1) is 9.54. The van der Waals surface area contributed by atoms with E-state index in [9.17, 15) is 4.79 Å². The van der Waals surface area contributed by atoms with Crippen molar-refractivity contribution in [2.24, 2.45) is 5.73 Å². The summed E-state index contributed by atoms with van der Waals surface area (Å²) in [6.45, 7) is 0. The van der Waals surface area contributed by atoms with Gasteiger partial charge in [-0.25, -0.2) is 0 Å². The van der Waals surface area contributed by atoms with Crippen LogP contribution in [-0.2, 0) is 16.0 Å². The number of hydrogen-bond donors (Lipinski definition) is 1. The third-order valence-corrected chi connectivity index (χ3v) is 4.90. The fourth-order valence-corrected chi connectivity index (χ4v) is 3.30. The zero-order chi connectivity index (χ0) is 14.3. The van der Waals surface area contributed by atoms with Crippen LogP contribution in [0.15, 0.2) is 18.2 Å². The highest BCUT2D eigenvalue weighted by molar-refractivity contribution is 6.00. The van der Waals surface area contributed by atoms with Crippen LogP contribution >= 0.6 is 0 Å². The number of fused-ring (bicyclic) bond motifs is 1. The molecule has 108 valence electrons. The summed E-state index contributed by atoms with van der Waals surface area (Å²) in [5.74, 6) is 0.151. The number of ether oxygens (including phenoxy) is 1. The van der Waals surface area contributed by atoms with Gasteiger partial charge in [0.05, 0.1) is 12.0 Å². The Morgan fingerprint density at radius 3 is 2.80 bits per heavy atom. The van der Waals surface area contributed by atoms with Gasteiger partial charge in [-0.1, -0.05) is 12.1 Å². The summed E-state index contributed by atoms with van der Waals surface area (Å²) in [7, 11) is 3.60. The number of likely N-dealkylation sites (N-methyl/N-ethyl adjacent to an activating group) is 1. The number of anilines is 1. The van der Waals surface area contributed by atoms with E-state index in [-0.39, 0.29) is 17.6 Å². The first-order valence-corrected chi connectivity index (χ1v) is 7.25. The lowest BCUT2D eigenvalue weighted by Gasteiger charge is -2.42. The summed E-state index contributed by atoms with van der Waals surface area (Å²) in [5.41, 5.74) is 9.53. The number of hydrogen-bond acceptors (Lipinski definition) is 3. The number of carbonyl (C=O) groups is 1. The number of methoxy groups -OCH3 is 1. The van der Waals surface area contributed by atoms with Gasteiger partial charge in [-0.15, -0.1) is 0 Å². The van der Waals surface area contributed by atoms with Gasteiger partial charge in [0.25, 0.3) is 0 Å². The molecule has 0 aromatic heterocycles. The average molecular weight is 274 g/mol. The van der Waals surface area contributed by atoms with Crippen molar-refractivity contribution in [3.63, 3.8) is 0 Å². The van der Waals surface area contributed by atoms with Crippen LogP contribution in [0.3, 0.4) is 0 Å². The second-order valence-corrected chi connectivity index (χ2v) is 6.07. The monoisotopic (exact) mass is 274 g/mol. The number of nitrogens with two attached hydrogens (primary N) is 1. The Hall–Kier alpha value is -1.39. The molecule has 0 saturated heterocycles. The number of amides is 1. The van der Waals surface area contributed by atoms with E-state index in [1.54, 1.807) is 12.0 Å². The van der Waals surface area contributed by atoms with E-state index in [1.807, 2.05) is 19.2 Å². The lowest BCUT2D eigenvalue weighted by molar-refractivity contribution is -0.117. The third-order valence-electron chi connectivity index (χ3n) is 4.90. The quantitative estimate of drug-likeness (QED) is 0.915. The summed E-state index contributed by atoms with van der Waals surface area (Å²) in [6.07, 6.45) is 4.77. The fraction of sp³-hybridized carbons (Fsp3) is 0.562. The largest absolute Gasteiger partial charge is 0.378 e. The first kappa shape index (κ1) is 13.6. The van der Waals surface area contributed by atoms with E-state index >= 15 is 0 Å². The molecule has 1 aromatic carbocycles. The molecule has 0 spiro atoms. The summed E-state index contributed by atoms with van der Waals surface area (Å²) in [6, 6.07) is 6.11. The van der Waals surface area contributed by atoms with Gasteiger partial charge in [-0.05, 0) is 42.9 Å². The van der Waals surface area contributed by atoms with E-state index in [4.69, 9.17) is 10.5 Å². The van der Waals surface area contributed by atoms with E-state index in [0.29, 0.717) is 6.42 Å². The zero-order valence-electron chi connectivity index (χ0n) is 12.2. The molecule has 20 heavy (non-hydrogen) atoms. The highest BCUT2D eigenvalue weighted by atomic mass is 16.5. The highest BCUT2D eigenvalue weighted by Crippen LogP contribution is 2.41. The van der Waals surface area contributed by atoms with Crippen molar-refractivity contribution in [1.29, 1.82) is 0 Å². The maximum absolute atomic E-state index is 11.7. The average Bonchev–Trinajstić information content (AvgIpc) is 2.69. The maximum Gasteiger partial charge on any atom is 0.231 e. The van der Waals surface area contributed by atoms with Crippen LogP contribution in [0.4, 0.5) is 5.69 Å². The normalized spacial score (nSPS) is 21.6. The predicted octanol–water partition coefficient (Wildman–Crippen LogP) is 2.16. The molecular formula is C16H22N2O2. The van der Waals surface area contributed by atoms with Gasteiger partial charge in [0, 0.05) is 25.9 Å². The molecule has 0 radical (unpaired) electrons. The third kappa shape index (κ3) is 2.13. The summed E-state index contributed by atoms with van der Waals surface area (Å²) >= 11 is 0. The number of benzene rings is 1. The predicted molar refractivity (Wildman–Crippen MR) is 78.7 cm³/mol. The minimum absolute atomic E-state index is 0.0228. The Morgan fingerprint density at radius 1 is 1.45 bits per heavy atom. The molecule has 1 aliphatic carbocycles. The standard InChI is InChI=1S/C16H22N2O2/c1-18-14-5-4-11(8-12(14)9-15(18)19)13(17)10-16(20-2)6-3-7-16/h4-5,8,13H,3,6-7,9-10,17H2,1-2H3. The Bertz CT molecular complexity index is 532. The molecule has 2 aliphatic rings. The minimum atomic E-state index is -0.0263. The van der Waals surface area contributed by atoms with E-state index in [2.05, 4.69) is 6.07 Å². The summed E-state index contributed by atoms with van der Waals surface area (Å²) < 4.78 is 5.65. The lowest BCUT2D eigenvalue weighted by atomic mass is 9.75. The molecule has 1 atom stereocenters. The minimum Gasteiger partial charge on any atom is -0.378 e. The second-order valence-electron chi connectivity index (χ2n) is 6.07. The Kier molecular flexibility index (Phi) is 3.30. The first-order valence-electron chi connectivity index (χ1n) is 7.25. The summed E-state index contributed by atoms with van der Waals surface area (Å²) in [5, 5.41) is 0. The number of rotatable bonds is 4. The molecule has 1 aliphatic heterocycles. The molecule has 1 aromatic rings. The van der Waals surface area contributed by atoms with Crippen molar-refractivity contribution in [3.8, 4) is 0 Å². The molecule has 1 saturated carbocycles. The topological polar surface area (TPSA) is 55.6 Å². The highest BCUT2D eigenvalue weighted by Gasteiger charge is 2.38. The maximum atomic E-state index is 11.7. The van der Waals surface area contributed by atoms with Gasteiger partial charge < -0.3 is 15.4 Å². The molecular weight excluding hydrogens is 252 g/mol. The van der Waals surface area contributed by atoms with Gasteiger partial charge in [0.2, 0.25) is 5.91 Å². The van der Waals surface area contributed by atoms with Crippen molar-refractivity contribution in [3.05, 3.63) is 29.3 Å². The van der Waals surface area contributed by atoms with Crippen molar-refractivity contribution in [2.45, 2.75) is 43.7 Å². The van der Waals surface area contributed by atoms with Crippen LogP contribution in [-0.4, -0.2) is 25.7 Å². The van der Waals surface area contributed by atoms with Crippen LogP contribution in [0.1, 0.15) is 42.9 Å². The SMILES string of the molecule is COC1(CC(N)c2ccc3c(c2)CC(=O)N3C)CCC1. The Morgan fingerprint density at radius 2 is 2.20 bits per heavy atom. The van der Waals surface area contributed by atoms with E-state index in [0.717, 1.165) is 36.1 Å². The van der Waals surface area contributed by atoms with Crippen LogP contribution in [0.2, 0.25) is 0 Å². The van der Waals surface area contributed by atoms with Gasteiger partial charge in [-0.2, -0.15) is 0 Å². The lowest BCUT2D eigenvalue weighted by Crippen LogP contribution is -2.41. The van der Waals surface area contributed by atoms with Crippen LogP contribution in [0.5, 0.6) is 0 Å². The second kappa shape index (κ2) is 4.86. The van der Waals surface area contributed by atoms with Crippen molar-refractivity contribution in [2.75, 3.05) is 19.1 Å². The van der Waals surface area contributed by atoms with Crippen molar-refractivity contribution in [1.82, 2.24) is 0 Å². The van der Waals surface area contributed by atoms with Gasteiger partial charge >= 0.3 is 0 Å². The number of nitrogens with zero attached hydrogens (tertiary/aromatic N) is 1. The van der Waals surface area contributed by atoms with E-state index < -0.39 is 0 Å². The molecule has 4 nitrogen and oxygen atoms in total. The molecule has 1 fully saturated rings. The Balaban J connectivity index is 1.78. The van der Waals surface area contributed by atoms with Crippen LogP contribution < -0.4 is 10.6 Å². The zero-order valence-corrected chi connectivity index (χ0v) is 12.2. The smallest absolute Gasteiger partial charge is 0.231 e. The van der Waals surface area contributed by atoms with Gasteiger partial charge in [0.15, 0.2) is 0 Å². The number of carbonyl (C=O) groups excluding carboxylic acids is 1. The summed E-state index contributed by atoms with van der Waals surface area (Å²) in [4.78, 5) is 13.4. The van der Waals surface area contributed by atoms with E-state index in [1.165, 1.54) is 6.42 Å². The molecule has 1 amide bonds. The van der Waals surface area contributed by atoms with Gasteiger partial charge in [0.1, 0.15) is 0 Å². The molecule has 4 heteroatoms. The van der Waals surface area contributed by atoms with Gasteiger partial charge in [-0.3, -0.25) is 4.79 Å². The van der Waals surface area contributed by atoms with Crippen molar-refractivity contribution < 1.29 is 9.53 Å². The molecule has 1 heterocycles. The molecule has 1 unspecified atom stereocenters. The molecule has 2 N–H and O–H groups in total. The fourth-order valence-electron chi connectivity index (χ4n) is 3.30. The van der Waals surface area contributed by atoms with Crippen molar-refractivity contribution >= 4 is 11.6 Å². The molecule has 0 bridgehead atoms. The Labute approximate surface area is 119 Å².